The zero-order valence-electron chi connectivity index (χ0n) is 16.1. The fourth-order valence-corrected chi connectivity index (χ4v) is 3.93. The Balaban J connectivity index is 1.85. The molecule has 144 valence electrons. The number of hydrogen-bond donors (Lipinski definition) is 3. The summed E-state index contributed by atoms with van der Waals surface area (Å²) in [6.45, 7) is 4.52. The van der Waals surface area contributed by atoms with E-state index in [2.05, 4.69) is 47.1 Å². The molecule has 6 heteroatoms. The Kier molecular flexibility index (Phi) is 5.74. The number of carbonyl (C=O) groups is 1. The van der Waals surface area contributed by atoms with Crippen LogP contribution >= 0.6 is 0 Å². The number of likely N-dealkylation sites (tertiary alicyclic amines) is 1. The number of rotatable bonds is 5. The van der Waals surface area contributed by atoms with Gasteiger partial charge in [0, 0.05) is 50.0 Å². The zero-order valence-corrected chi connectivity index (χ0v) is 16.1. The maximum Gasteiger partial charge on any atom is 0.255 e. The minimum Gasteiger partial charge on any atom is -0.404 e. The van der Waals surface area contributed by atoms with Crippen LogP contribution in [0.15, 0.2) is 54.0 Å². The number of fused-ring (bicyclic) bond motifs is 1. The molecule has 1 fully saturated rings. The molecule has 3 rings (SSSR count). The summed E-state index contributed by atoms with van der Waals surface area (Å²) in [6.07, 6.45) is 4.98. The fourth-order valence-electron chi connectivity index (χ4n) is 3.93. The lowest BCUT2D eigenvalue weighted by molar-refractivity contribution is -0.128. The first kappa shape index (κ1) is 18.9. The topological polar surface area (TPSA) is 89.3 Å². The molecule has 1 saturated heterocycles. The second kappa shape index (κ2) is 8.20. The summed E-state index contributed by atoms with van der Waals surface area (Å²) in [5, 5.41) is 4.08. The lowest BCUT2D eigenvalue weighted by Crippen LogP contribution is -2.40. The van der Waals surface area contributed by atoms with Gasteiger partial charge in [-0.2, -0.15) is 0 Å². The third-order valence-electron chi connectivity index (χ3n) is 5.31. The van der Waals surface area contributed by atoms with Gasteiger partial charge in [-0.05, 0) is 43.4 Å². The number of amides is 1. The zero-order chi connectivity index (χ0) is 19.4. The smallest absolute Gasteiger partial charge is 0.255 e. The van der Waals surface area contributed by atoms with Crippen LogP contribution in [0.25, 0.3) is 10.9 Å². The largest absolute Gasteiger partial charge is 0.404 e. The number of carbonyl (C=O) groups excluding carboxylic acids is 1. The van der Waals surface area contributed by atoms with Crippen molar-refractivity contribution in [2.24, 2.45) is 11.5 Å². The first-order valence-corrected chi connectivity index (χ1v) is 9.53. The normalized spacial score (nSPS) is 18.7. The molecule has 1 aromatic carbocycles. The van der Waals surface area contributed by atoms with E-state index in [9.17, 15) is 4.79 Å². The molecule has 6 nitrogen and oxygen atoms in total. The summed E-state index contributed by atoms with van der Waals surface area (Å²) in [6, 6.07) is 10.7. The molecule has 1 aliphatic rings. The Labute approximate surface area is 160 Å². The predicted octanol–water partition coefficient (Wildman–Crippen LogP) is 2.23. The number of piperidine rings is 1. The molecular weight excluding hydrogens is 338 g/mol. The molecule has 1 aromatic heterocycles. The van der Waals surface area contributed by atoms with Crippen LogP contribution in [0, 0.1) is 0 Å². The van der Waals surface area contributed by atoms with Crippen molar-refractivity contribution in [2.75, 3.05) is 20.1 Å². The van der Waals surface area contributed by atoms with E-state index >= 15 is 0 Å². The highest BCUT2D eigenvalue weighted by molar-refractivity contribution is 5.96. The van der Waals surface area contributed by atoms with Crippen molar-refractivity contribution in [3.8, 4) is 0 Å². The van der Waals surface area contributed by atoms with Gasteiger partial charge in [0.25, 0.3) is 5.91 Å². The molecule has 1 amide bonds. The minimum absolute atomic E-state index is 0.0699. The van der Waals surface area contributed by atoms with Crippen molar-refractivity contribution in [1.29, 1.82) is 0 Å². The Hall–Kier alpha value is -2.89. The lowest BCUT2D eigenvalue weighted by Gasteiger charge is -2.33. The van der Waals surface area contributed by atoms with Crippen molar-refractivity contribution >= 4 is 16.8 Å². The molecular formula is C21H29N5O. The number of hydrogen-bond acceptors (Lipinski definition) is 4. The molecule has 5 N–H and O–H groups in total. The van der Waals surface area contributed by atoms with Crippen molar-refractivity contribution in [2.45, 2.75) is 32.2 Å². The van der Waals surface area contributed by atoms with E-state index in [0.717, 1.165) is 25.9 Å². The molecule has 1 atom stereocenters. The van der Waals surface area contributed by atoms with E-state index < -0.39 is 0 Å². The third-order valence-corrected chi connectivity index (χ3v) is 5.31. The van der Waals surface area contributed by atoms with Crippen molar-refractivity contribution < 1.29 is 4.79 Å². The lowest BCUT2D eigenvalue weighted by atomic mass is 9.94. The Bertz CT molecular complexity index is 880. The van der Waals surface area contributed by atoms with Crippen LogP contribution in [0.2, 0.25) is 0 Å². The van der Waals surface area contributed by atoms with Crippen LogP contribution in [-0.2, 0) is 11.3 Å². The van der Waals surface area contributed by atoms with E-state index in [1.807, 2.05) is 4.90 Å². The van der Waals surface area contributed by atoms with Crippen molar-refractivity contribution in [1.82, 2.24) is 14.8 Å². The van der Waals surface area contributed by atoms with Gasteiger partial charge in [-0.25, -0.2) is 0 Å². The number of nitrogens with zero attached hydrogens (tertiary/aromatic N) is 2. The molecule has 1 aliphatic heterocycles. The number of nitrogens with two attached hydrogens (primary N) is 2. The van der Waals surface area contributed by atoms with Crippen LogP contribution in [0.3, 0.4) is 0 Å². The van der Waals surface area contributed by atoms with Crippen LogP contribution in [0.1, 0.15) is 31.4 Å². The standard InChI is InChI=1S/C21H29N5O/c1-3-26-18-9-5-4-7-15(18)11-19(26)16-8-6-10-25(14-16)21(27)17(13-22)12-20(23)24-2/h4-5,7,9,11-13,16,24H,3,6,8,10,14,22-23H2,1-2H3/b17-13+,20-12+. The summed E-state index contributed by atoms with van der Waals surface area (Å²) in [4.78, 5) is 14.8. The number of benzene rings is 1. The minimum atomic E-state index is -0.0699. The Morgan fingerprint density at radius 3 is 2.85 bits per heavy atom. The SMILES string of the molecule is CCn1c(C2CCCN(C(=O)C(/C=C(\N)NC)=C/N)C2)cc2ccccc21. The molecule has 0 spiro atoms. The summed E-state index contributed by atoms with van der Waals surface area (Å²) in [5.74, 6) is 0.666. The average Bonchev–Trinajstić information content (AvgIpc) is 3.10. The van der Waals surface area contributed by atoms with E-state index in [4.69, 9.17) is 11.5 Å². The summed E-state index contributed by atoms with van der Waals surface area (Å²) in [7, 11) is 1.71. The van der Waals surface area contributed by atoms with Crippen LogP contribution in [0.5, 0.6) is 0 Å². The van der Waals surface area contributed by atoms with Gasteiger partial charge in [0.15, 0.2) is 0 Å². The van der Waals surface area contributed by atoms with Gasteiger partial charge in [-0.3, -0.25) is 4.79 Å². The van der Waals surface area contributed by atoms with E-state index in [-0.39, 0.29) is 5.91 Å². The van der Waals surface area contributed by atoms with Gasteiger partial charge in [-0.15, -0.1) is 0 Å². The van der Waals surface area contributed by atoms with Crippen LogP contribution in [0.4, 0.5) is 0 Å². The molecule has 0 saturated carbocycles. The molecule has 0 radical (unpaired) electrons. The first-order chi connectivity index (χ1) is 13.1. The van der Waals surface area contributed by atoms with Gasteiger partial charge in [0.2, 0.25) is 0 Å². The second-order valence-electron chi connectivity index (χ2n) is 6.93. The number of nitrogens with one attached hydrogen (secondary N) is 1. The summed E-state index contributed by atoms with van der Waals surface area (Å²) >= 11 is 0. The highest BCUT2D eigenvalue weighted by Crippen LogP contribution is 2.32. The number of aryl methyl sites for hydroxylation is 1. The van der Waals surface area contributed by atoms with E-state index in [1.165, 1.54) is 22.8 Å². The van der Waals surface area contributed by atoms with E-state index in [0.29, 0.717) is 23.9 Å². The van der Waals surface area contributed by atoms with Gasteiger partial charge in [0.1, 0.15) is 0 Å². The molecule has 1 unspecified atom stereocenters. The van der Waals surface area contributed by atoms with Gasteiger partial charge >= 0.3 is 0 Å². The Morgan fingerprint density at radius 2 is 2.15 bits per heavy atom. The van der Waals surface area contributed by atoms with E-state index in [1.54, 1.807) is 13.1 Å². The first-order valence-electron chi connectivity index (χ1n) is 9.53. The van der Waals surface area contributed by atoms with Crippen LogP contribution in [-0.4, -0.2) is 35.5 Å². The molecule has 27 heavy (non-hydrogen) atoms. The van der Waals surface area contributed by atoms with Gasteiger partial charge < -0.3 is 26.3 Å². The van der Waals surface area contributed by atoms with Gasteiger partial charge in [0.05, 0.1) is 11.4 Å². The number of para-hydroxylation sites is 1. The highest BCUT2D eigenvalue weighted by Gasteiger charge is 2.28. The maximum absolute atomic E-state index is 12.9. The summed E-state index contributed by atoms with van der Waals surface area (Å²) < 4.78 is 2.37. The maximum atomic E-state index is 12.9. The predicted molar refractivity (Wildman–Crippen MR) is 110 cm³/mol. The number of aromatic nitrogens is 1. The Morgan fingerprint density at radius 1 is 1.37 bits per heavy atom. The fraction of sp³-hybridized carbons (Fsp3) is 0.381. The highest BCUT2D eigenvalue weighted by atomic mass is 16.2. The third kappa shape index (κ3) is 3.79. The quantitative estimate of drug-likeness (QED) is 0.558. The second-order valence-corrected chi connectivity index (χ2v) is 6.93. The van der Waals surface area contributed by atoms with Crippen LogP contribution < -0.4 is 16.8 Å². The van der Waals surface area contributed by atoms with Crippen molar-refractivity contribution in [3.05, 3.63) is 59.7 Å². The van der Waals surface area contributed by atoms with Gasteiger partial charge in [-0.1, -0.05) is 18.2 Å². The molecule has 2 aromatic rings. The molecule has 2 heterocycles. The molecule has 0 aliphatic carbocycles. The molecule has 0 bridgehead atoms. The monoisotopic (exact) mass is 367 g/mol. The average molecular weight is 367 g/mol. The van der Waals surface area contributed by atoms with Crippen molar-refractivity contribution in [3.63, 3.8) is 0 Å². The summed E-state index contributed by atoms with van der Waals surface area (Å²) in [5.41, 5.74) is 14.5.